The van der Waals surface area contributed by atoms with Gasteiger partial charge >= 0.3 is 0 Å². The van der Waals surface area contributed by atoms with Crippen LogP contribution in [-0.2, 0) is 4.74 Å². The fourth-order valence-corrected chi connectivity index (χ4v) is 0.919. The number of ether oxygens (including phenoxy) is 1. The summed E-state index contributed by atoms with van der Waals surface area (Å²) in [7, 11) is 0. The van der Waals surface area contributed by atoms with E-state index >= 15 is 0 Å². The Morgan fingerprint density at radius 2 is 2.00 bits per heavy atom. The average molecular weight is 182 g/mol. The van der Waals surface area contributed by atoms with E-state index in [4.69, 9.17) is 4.74 Å². The van der Waals surface area contributed by atoms with Gasteiger partial charge in [0, 0.05) is 5.75 Å². The predicted molar refractivity (Wildman–Crippen MR) is 54.8 cm³/mol. The van der Waals surface area contributed by atoms with Crippen LogP contribution < -0.4 is 0 Å². The van der Waals surface area contributed by atoms with Gasteiger partial charge in [-0.15, -0.1) is 0 Å². The fourth-order valence-electron chi connectivity index (χ4n) is 0.708. The van der Waals surface area contributed by atoms with Crippen molar-refractivity contribution in [3.05, 3.63) is 35.9 Å². The van der Waals surface area contributed by atoms with Crippen LogP contribution >= 0.6 is 12.6 Å². The second kappa shape index (κ2) is 5.22. The third kappa shape index (κ3) is 4.42. The highest BCUT2D eigenvalue weighted by molar-refractivity contribution is 7.80. The summed E-state index contributed by atoms with van der Waals surface area (Å²) in [6.45, 7) is 3.02. The van der Waals surface area contributed by atoms with Gasteiger partial charge in [-0.25, -0.2) is 0 Å². The minimum absolute atomic E-state index is 0.498. The Labute approximate surface area is 79.2 Å². The molecule has 0 saturated carbocycles. The summed E-state index contributed by atoms with van der Waals surface area (Å²) in [4.78, 5) is 0. The molecule has 0 bridgehead atoms. The summed E-state index contributed by atoms with van der Waals surface area (Å²) >= 11 is 3.95. The van der Waals surface area contributed by atoms with Crippen LogP contribution in [0, 0.1) is 6.92 Å². The van der Waals surface area contributed by atoms with Crippen LogP contribution in [0.25, 0.3) is 0 Å². The Balaban J connectivity index is 0.000000127. The van der Waals surface area contributed by atoms with E-state index < -0.39 is 0 Å². The first-order chi connectivity index (χ1) is 5.83. The molecule has 1 fully saturated rings. The lowest BCUT2D eigenvalue weighted by Crippen LogP contribution is -1.80. The Morgan fingerprint density at radius 3 is 2.17 bits per heavy atom. The molecule has 12 heavy (non-hydrogen) atoms. The van der Waals surface area contributed by atoms with Crippen molar-refractivity contribution in [2.75, 3.05) is 12.4 Å². The first-order valence-corrected chi connectivity index (χ1v) is 4.70. The van der Waals surface area contributed by atoms with Gasteiger partial charge in [0.05, 0.1) is 12.7 Å². The van der Waals surface area contributed by atoms with Crippen LogP contribution in [0.5, 0.6) is 0 Å². The Bertz CT molecular complexity index is 206. The minimum atomic E-state index is 0.498. The van der Waals surface area contributed by atoms with Gasteiger partial charge in [-0.2, -0.15) is 12.6 Å². The topological polar surface area (TPSA) is 12.5 Å². The number of hydrogen-bond acceptors (Lipinski definition) is 2. The van der Waals surface area contributed by atoms with Crippen molar-refractivity contribution in [3.63, 3.8) is 0 Å². The van der Waals surface area contributed by atoms with E-state index in [1.807, 2.05) is 18.2 Å². The third-order valence-corrected chi connectivity index (χ3v) is 1.95. The molecule has 1 unspecified atom stereocenters. The summed E-state index contributed by atoms with van der Waals surface area (Å²) in [5.41, 5.74) is 1.32. The lowest BCUT2D eigenvalue weighted by molar-refractivity contribution is 0.426. The summed E-state index contributed by atoms with van der Waals surface area (Å²) in [6, 6.07) is 10.3. The minimum Gasteiger partial charge on any atom is -0.372 e. The van der Waals surface area contributed by atoms with Crippen LogP contribution in [-0.4, -0.2) is 18.5 Å². The molecule has 1 aromatic rings. The fraction of sp³-hybridized carbons (Fsp3) is 0.400. The van der Waals surface area contributed by atoms with Crippen molar-refractivity contribution in [2.24, 2.45) is 0 Å². The van der Waals surface area contributed by atoms with Crippen LogP contribution in [0.1, 0.15) is 5.56 Å². The molecule has 0 amide bonds. The lowest BCUT2D eigenvalue weighted by Gasteiger charge is -1.82. The van der Waals surface area contributed by atoms with Gasteiger partial charge in [0.1, 0.15) is 0 Å². The first kappa shape index (κ1) is 9.62. The molecule has 1 atom stereocenters. The Morgan fingerprint density at radius 1 is 1.42 bits per heavy atom. The summed E-state index contributed by atoms with van der Waals surface area (Å²) in [6.07, 6.45) is 0.498. The van der Waals surface area contributed by atoms with E-state index in [9.17, 15) is 0 Å². The van der Waals surface area contributed by atoms with Gasteiger partial charge in [-0.3, -0.25) is 0 Å². The number of rotatable bonds is 1. The quantitative estimate of drug-likeness (QED) is 0.519. The van der Waals surface area contributed by atoms with Gasteiger partial charge in [0.2, 0.25) is 0 Å². The zero-order valence-electron chi connectivity index (χ0n) is 7.23. The molecule has 0 aromatic heterocycles. The van der Waals surface area contributed by atoms with E-state index in [1.54, 1.807) is 0 Å². The van der Waals surface area contributed by atoms with E-state index in [2.05, 4.69) is 31.7 Å². The van der Waals surface area contributed by atoms with E-state index in [0.717, 1.165) is 12.4 Å². The highest BCUT2D eigenvalue weighted by atomic mass is 32.1. The predicted octanol–water partition coefficient (Wildman–Crippen LogP) is 2.31. The number of epoxide rings is 1. The maximum Gasteiger partial charge on any atom is 0.0897 e. The molecule has 1 aromatic carbocycles. The number of aryl methyl sites for hydroxylation is 1. The zero-order valence-corrected chi connectivity index (χ0v) is 8.13. The molecule has 66 valence electrons. The third-order valence-electron chi connectivity index (χ3n) is 1.55. The summed E-state index contributed by atoms with van der Waals surface area (Å²) in [5, 5.41) is 0. The van der Waals surface area contributed by atoms with Crippen LogP contribution in [0.2, 0.25) is 0 Å². The molecule has 0 N–H and O–H groups in total. The molecule has 1 saturated heterocycles. The van der Waals surface area contributed by atoms with Crippen molar-refractivity contribution in [1.82, 2.24) is 0 Å². The normalized spacial score (nSPS) is 19.3. The largest absolute Gasteiger partial charge is 0.372 e. The van der Waals surface area contributed by atoms with Crippen molar-refractivity contribution in [3.8, 4) is 0 Å². The smallest absolute Gasteiger partial charge is 0.0897 e. The molecular formula is C10H14OS. The van der Waals surface area contributed by atoms with Gasteiger partial charge in [0.25, 0.3) is 0 Å². The van der Waals surface area contributed by atoms with Crippen molar-refractivity contribution in [1.29, 1.82) is 0 Å². The molecular weight excluding hydrogens is 168 g/mol. The van der Waals surface area contributed by atoms with Crippen LogP contribution in [0.15, 0.2) is 30.3 Å². The molecule has 1 aliphatic heterocycles. The lowest BCUT2D eigenvalue weighted by atomic mass is 10.2. The molecule has 0 radical (unpaired) electrons. The summed E-state index contributed by atoms with van der Waals surface area (Å²) in [5.74, 6) is 0.889. The van der Waals surface area contributed by atoms with Crippen LogP contribution in [0.3, 0.4) is 0 Å². The highest BCUT2D eigenvalue weighted by Crippen LogP contribution is 2.08. The van der Waals surface area contributed by atoms with E-state index in [0.29, 0.717) is 6.10 Å². The molecule has 1 heterocycles. The maximum atomic E-state index is 4.78. The van der Waals surface area contributed by atoms with E-state index in [-0.39, 0.29) is 0 Å². The zero-order chi connectivity index (χ0) is 8.81. The van der Waals surface area contributed by atoms with Gasteiger partial charge in [-0.05, 0) is 6.92 Å². The van der Waals surface area contributed by atoms with Gasteiger partial charge in [0.15, 0.2) is 0 Å². The number of thiol groups is 1. The number of benzene rings is 1. The standard InChI is InChI=1S/C7H8.C3H6OS/c1-7-5-3-2-4-6-7;5-2-3-1-4-3/h2-6H,1H3;3,5H,1-2H2. The Hall–Kier alpha value is -0.470. The first-order valence-electron chi connectivity index (χ1n) is 4.07. The second-order valence-corrected chi connectivity index (χ2v) is 3.16. The van der Waals surface area contributed by atoms with Crippen molar-refractivity contribution in [2.45, 2.75) is 13.0 Å². The van der Waals surface area contributed by atoms with Gasteiger partial charge < -0.3 is 4.74 Å². The average Bonchev–Trinajstić information content (AvgIpc) is 2.89. The van der Waals surface area contributed by atoms with Gasteiger partial charge in [-0.1, -0.05) is 35.9 Å². The van der Waals surface area contributed by atoms with Crippen molar-refractivity contribution >= 4 is 12.6 Å². The second-order valence-electron chi connectivity index (χ2n) is 2.79. The maximum absolute atomic E-state index is 4.78. The molecule has 2 heteroatoms. The highest BCUT2D eigenvalue weighted by Gasteiger charge is 2.18. The van der Waals surface area contributed by atoms with Crippen molar-refractivity contribution < 1.29 is 4.74 Å². The number of hydrogen-bond donors (Lipinski definition) is 1. The summed E-state index contributed by atoms with van der Waals surface area (Å²) < 4.78 is 4.78. The molecule has 1 aliphatic rings. The molecule has 1 nitrogen and oxygen atoms in total. The SMILES string of the molecule is Cc1ccccc1.SCC1CO1. The molecule has 0 aliphatic carbocycles. The van der Waals surface area contributed by atoms with Crippen LogP contribution in [0.4, 0.5) is 0 Å². The Kier molecular flexibility index (Phi) is 4.19. The molecule has 0 spiro atoms. The monoisotopic (exact) mass is 182 g/mol. The molecule has 2 rings (SSSR count). The van der Waals surface area contributed by atoms with E-state index in [1.165, 1.54) is 5.56 Å².